The Morgan fingerprint density at radius 2 is 1.94 bits per heavy atom. The van der Waals surface area contributed by atoms with Crippen molar-refractivity contribution in [2.45, 2.75) is 101 Å². The summed E-state index contributed by atoms with van der Waals surface area (Å²) >= 11 is 0. The first-order valence-corrected chi connectivity index (χ1v) is 13.2. The molecular formula is C26H36F4N4O2. The zero-order valence-corrected chi connectivity index (χ0v) is 20.7. The Morgan fingerprint density at radius 3 is 2.64 bits per heavy atom. The number of alkyl halides is 3. The molecule has 3 N–H and O–H groups in total. The first-order chi connectivity index (χ1) is 17.0. The number of anilines is 1. The van der Waals surface area contributed by atoms with Gasteiger partial charge in [0.2, 0.25) is 5.91 Å². The Kier molecular flexibility index (Phi) is 6.97. The van der Waals surface area contributed by atoms with Crippen molar-refractivity contribution in [1.82, 2.24) is 15.1 Å². The lowest BCUT2D eigenvalue weighted by molar-refractivity contribution is -0.180. The monoisotopic (exact) mass is 512 g/mol. The number of aliphatic hydroxyl groups is 1. The molecule has 3 fully saturated rings. The summed E-state index contributed by atoms with van der Waals surface area (Å²) in [5.74, 6) is -0.404. The van der Waals surface area contributed by atoms with Crippen molar-refractivity contribution in [3.05, 3.63) is 29.1 Å². The van der Waals surface area contributed by atoms with Gasteiger partial charge in [-0.1, -0.05) is 6.07 Å². The first-order valence-electron chi connectivity index (χ1n) is 13.2. The average molecular weight is 513 g/mol. The normalized spacial score (nSPS) is 30.8. The van der Waals surface area contributed by atoms with Crippen LogP contribution in [-0.4, -0.2) is 76.5 Å². The van der Waals surface area contributed by atoms with E-state index in [0.29, 0.717) is 50.8 Å². The molecule has 36 heavy (non-hydrogen) atoms. The lowest BCUT2D eigenvalue weighted by Crippen LogP contribution is -2.58. The number of rotatable bonds is 4. The van der Waals surface area contributed by atoms with E-state index in [1.807, 2.05) is 6.92 Å². The van der Waals surface area contributed by atoms with Gasteiger partial charge in [0, 0.05) is 48.4 Å². The lowest BCUT2D eigenvalue weighted by Gasteiger charge is -2.48. The molecule has 0 radical (unpaired) electrons. The molecule has 2 saturated heterocycles. The van der Waals surface area contributed by atoms with Crippen molar-refractivity contribution < 1.29 is 27.5 Å². The van der Waals surface area contributed by atoms with E-state index in [0.717, 1.165) is 36.9 Å². The molecule has 4 atom stereocenters. The number of likely N-dealkylation sites (tertiary alicyclic amines) is 2. The van der Waals surface area contributed by atoms with Crippen molar-refractivity contribution >= 4 is 11.6 Å². The molecule has 1 spiro atoms. The first kappa shape index (κ1) is 25.7. The van der Waals surface area contributed by atoms with Gasteiger partial charge in [0.1, 0.15) is 18.1 Å². The summed E-state index contributed by atoms with van der Waals surface area (Å²) in [6.07, 6.45) is 0.858. The van der Waals surface area contributed by atoms with E-state index in [1.54, 1.807) is 6.07 Å². The van der Waals surface area contributed by atoms with E-state index in [9.17, 15) is 27.5 Å². The van der Waals surface area contributed by atoms with Gasteiger partial charge in [-0.3, -0.25) is 9.69 Å². The molecule has 0 bridgehead atoms. The summed E-state index contributed by atoms with van der Waals surface area (Å²) in [6, 6.07) is 2.97. The fraction of sp³-hybridized carbons (Fsp3) is 0.731. The number of nitrogens with one attached hydrogen (secondary N) is 2. The SMILES string of the molecule is Cc1ccc(F)c2c1NC(C(=O)N[C@@H]1CCC[C@H](N3CCC4(CCC(O)N4CC(F)(F)F)CC3)C1)C2. The zero-order chi connectivity index (χ0) is 25.7. The Labute approximate surface area is 209 Å². The highest BCUT2D eigenvalue weighted by Crippen LogP contribution is 2.43. The number of carbonyl (C=O) groups excluding carboxylic acids is 1. The minimum Gasteiger partial charge on any atom is -0.378 e. The predicted molar refractivity (Wildman–Crippen MR) is 128 cm³/mol. The third-order valence-corrected chi connectivity index (χ3v) is 8.93. The molecule has 1 aromatic rings. The van der Waals surface area contributed by atoms with Crippen LogP contribution in [-0.2, 0) is 11.2 Å². The summed E-state index contributed by atoms with van der Waals surface area (Å²) in [7, 11) is 0. The van der Waals surface area contributed by atoms with Crippen molar-refractivity contribution in [2.75, 3.05) is 25.0 Å². The summed E-state index contributed by atoms with van der Waals surface area (Å²) in [5.41, 5.74) is 1.63. The summed E-state index contributed by atoms with van der Waals surface area (Å²) < 4.78 is 53.6. The topological polar surface area (TPSA) is 67.8 Å². The average Bonchev–Trinajstić information content (AvgIpc) is 3.41. The van der Waals surface area contributed by atoms with Gasteiger partial charge in [0.15, 0.2) is 0 Å². The van der Waals surface area contributed by atoms with Crippen molar-refractivity contribution in [1.29, 1.82) is 0 Å². The van der Waals surface area contributed by atoms with Crippen LogP contribution in [0.1, 0.15) is 62.5 Å². The Balaban J connectivity index is 1.15. The number of carbonyl (C=O) groups is 1. The van der Waals surface area contributed by atoms with Gasteiger partial charge in [0.05, 0.1) is 6.54 Å². The molecule has 6 nitrogen and oxygen atoms in total. The fourth-order valence-corrected chi connectivity index (χ4v) is 6.98. The molecule has 0 aromatic heterocycles. The largest absolute Gasteiger partial charge is 0.401 e. The van der Waals surface area contributed by atoms with Crippen molar-refractivity contribution in [3.63, 3.8) is 0 Å². The number of nitrogens with zero attached hydrogens (tertiary/aromatic N) is 2. The Hall–Kier alpha value is -1.91. The van der Waals surface area contributed by atoms with E-state index >= 15 is 0 Å². The number of benzene rings is 1. The molecular weight excluding hydrogens is 476 g/mol. The zero-order valence-electron chi connectivity index (χ0n) is 20.7. The number of fused-ring (bicyclic) bond motifs is 1. The second kappa shape index (κ2) is 9.76. The van der Waals surface area contributed by atoms with Crippen molar-refractivity contribution in [2.24, 2.45) is 0 Å². The number of hydrogen-bond acceptors (Lipinski definition) is 5. The van der Waals surface area contributed by atoms with E-state index < -0.39 is 30.5 Å². The van der Waals surface area contributed by atoms with Crippen molar-refractivity contribution in [3.8, 4) is 0 Å². The van der Waals surface area contributed by atoms with Gasteiger partial charge >= 0.3 is 6.18 Å². The van der Waals surface area contributed by atoms with Crippen LogP contribution in [0.25, 0.3) is 0 Å². The van der Waals surface area contributed by atoms with Gasteiger partial charge in [-0.25, -0.2) is 4.39 Å². The number of aryl methyl sites for hydroxylation is 1. The van der Waals surface area contributed by atoms with Crippen LogP contribution < -0.4 is 10.6 Å². The van der Waals surface area contributed by atoms with E-state index in [2.05, 4.69) is 15.5 Å². The molecule has 3 aliphatic heterocycles. The number of hydrogen-bond donors (Lipinski definition) is 3. The van der Waals surface area contributed by atoms with E-state index in [1.165, 1.54) is 11.0 Å². The molecule has 3 heterocycles. The van der Waals surface area contributed by atoms with Crippen LogP contribution in [0.15, 0.2) is 12.1 Å². The molecule has 2 unspecified atom stereocenters. The number of amides is 1. The highest BCUT2D eigenvalue weighted by Gasteiger charge is 2.51. The quantitative estimate of drug-likeness (QED) is 0.537. The number of halogens is 4. The van der Waals surface area contributed by atoms with Crippen LogP contribution in [0.2, 0.25) is 0 Å². The molecule has 1 saturated carbocycles. The van der Waals surface area contributed by atoms with Gasteiger partial charge in [0.25, 0.3) is 0 Å². The third-order valence-electron chi connectivity index (χ3n) is 8.93. The van der Waals surface area contributed by atoms with Gasteiger partial charge in [-0.2, -0.15) is 13.2 Å². The van der Waals surface area contributed by atoms with Gasteiger partial charge in [-0.15, -0.1) is 0 Å². The molecule has 1 aromatic carbocycles. The smallest absolute Gasteiger partial charge is 0.378 e. The highest BCUT2D eigenvalue weighted by molar-refractivity contribution is 5.88. The predicted octanol–water partition coefficient (Wildman–Crippen LogP) is 3.71. The standard InChI is InChI=1S/C26H36F4N4O2/c1-16-5-6-20(27)19-14-21(32-23(16)19)24(36)31-17-3-2-4-18(13-17)33-11-9-25(10-12-33)8-7-22(35)34(25)15-26(28,29)30/h5-6,17-18,21-22,32,35H,2-4,7-15H2,1H3,(H,31,36)/t17-,18+,21?,22?/m1/s1. The molecule has 4 aliphatic rings. The van der Waals surface area contributed by atoms with Crippen LogP contribution in [0.5, 0.6) is 0 Å². The summed E-state index contributed by atoms with van der Waals surface area (Å²) in [6.45, 7) is 2.23. The Morgan fingerprint density at radius 1 is 1.19 bits per heavy atom. The summed E-state index contributed by atoms with van der Waals surface area (Å²) in [5, 5.41) is 16.6. The maximum atomic E-state index is 14.2. The minimum atomic E-state index is -4.33. The van der Waals surface area contributed by atoms with Crippen LogP contribution in [0.4, 0.5) is 23.2 Å². The molecule has 200 valence electrons. The van der Waals surface area contributed by atoms with Crippen LogP contribution >= 0.6 is 0 Å². The maximum Gasteiger partial charge on any atom is 0.401 e. The second-order valence-corrected chi connectivity index (χ2v) is 11.2. The molecule has 1 amide bonds. The number of piperidine rings is 1. The summed E-state index contributed by atoms with van der Waals surface area (Å²) in [4.78, 5) is 16.7. The van der Waals surface area contributed by atoms with Crippen LogP contribution in [0.3, 0.4) is 0 Å². The fourth-order valence-electron chi connectivity index (χ4n) is 6.98. The Bertz CT molecular complexity index is 948. The number of aliphatic hydroxyl groups excluding tert-OH is 1. The van der Waals surface area contributed by atoms with E-state index in [4.69, 9.17) is 0 Å². The van der Waals surface area contributed by atoms with Gasteiger partial charge in [-0.05, 0) is 69.9 Å². The second-order valence-electron chi connectivity index (χ2n) is 11.2. The third kappa shape index (κ3) is 5.09. The molecule has 5 rings (SSSR count). The maximum absolute atomic E-state index is 14.2. The van der Waals surface area contributed by atoms with Crippen LogP contribution in [0, 0.1) is 12.7 Å². The highest BCUT2D eigenvalue weighted by atomic mass is 19.4. The van der Waals surface area contributed by atoms with E-state index in [-0.39, 0.29) is 23.8 Å². The molecule has 1 aliphatic carbocycles. The minimum absolute atomic E-state index is 0.0265. The molecule has 10 heteroatoms. The van der Waals surface area contributed by atoms with Gasteiger partial charge < -0.3 is 20.6 Å². The lowest BCUT2D eigenvalue weighted by atomic mass is 9.82.